The van der Waals surface area contributed by atoms with E-state index in [0.29, 0.717) is 11.3 Å². The highest BCUT2D eigenvalue weighted by atomic mass is 35.5. The van der Waals surface area contributed by atoms with Gasteiger partial charge in [0.05, 0.1) is 15.1 Å². The predicted molar refractivity (Wildman–Crippen MR) is 106 cm³/mol. The van der Waals surface area contributed by atoms with Crippen molar-refractivity contribution in [3.63, 3.8) is 0 Å². The number of carbonyl (C=O) groups excluding carboxylic acids is 3. The molecular weight excluding hydrogens is 431 g/mol. The lowest BCUT2D eigenvalue weighted by Gasteiger charge is -2.14. The van der Waals surface area contributed by atoms with E-state index in [-0.39, 0.29) is 20.8 Å². The average molecular weight is 446 g/mol. The summed E-state index contributed by atoms with van der Waals surface area (Å²) in [5.74, 6) is -1.77. The summed E-state index contributed by atoms with van der Waals surface area (Å²) in [5.41, 5.74) is 5.86. The minimum absolute atomic E-state index is 0.152. The number of carbonyl (C=O) groups is 3. The number of rotatable bonds is 7. The number of esters is 1. The SMILES string of the molecule is CC(OC(=O)COc1cc(Cl)c(Cl)cc1Cl)C(=O)Nc1ccc(C(N)=O)cc1. The third kappa shape index (κ3) is 6.02. The highest BCUT2D eigenvalue weighted by molar-refractivity contribution is 6.43. The molecule has 1 unspecified atom stereocenters. The van der Waals surface area contributed by atoms with Crippen molar-refractivity contribution < 1.29 is 23.9 Å². The molecular formula is C18H15Cl3N2O5. The number of nitrogens with two attached hydrogens (primary N) is 1. The molecule has 0 bridgehead atoms. The fraction of sp³-hybridized carbons (Fsp3) is 0.167. The third-order valence-electron chi connectivity index (χ3n) is 3.43. The molecule has 0 aliphatic carbocycles. The molecule has 2 amide bonds. The van der Waals surface area contributed by atoms with Crippen molar-refractivity contribution in [2.45, 2.75) is 13.0 Å². The predicted octanol–water partition coefficient (Wildman–Crippen LogP) is 3.69. The second-order valence-electron chi connectivity index (χ2n) is 5.55. The van der Waals surface area contributed by atoms with Crippen LogP contribution in [-0.4, -0.2) is 30.5 Å². The molecule has 3 N–H and O–H groups in total. The molecule has 0 aliphatic heterocycles. The van der Waals surface area contributed by atoms with Gasteiger partial charge in [0.1, 0.15) is 5.75 Å². The van der Waals surface area contributed by atoms with Gasteiger partial charge < -0.3 is 20.5 Å². The summed E-state index contributed by atoms with van der Waals surface area (Å²) in [6, 6.07) is 8.67. The number of anilines is 1. The molecule has 0 heterocycles. The number of hydrogen-bond acceptors (Lipinski definition) is 5. The van der Waals surface area contributed by atoms with Crippen LogP contribution in [0.3, 0.4) is 0 Å². The Morgan fingerprint density at radius 1 is 1.04 bits per heavy atom. The van der Waals surface area contributed by atoms with Gasteiger partial charge in [-0.25, -0.2) is 4.79 Å². The molecule has 0 spiro atoms. The van der Waals surface area contributed by atoms with Crippen molar-refractivity contribution in [3.8, 4) is 5.75 Å². The van der Waals surface area contributed by atoms with Gasteiger partial charge in [-0.15, -0.1) is 0 Å². The molecule has 0 radical (unpaired) electrons. The highest BCUT2D eigenvalue weighted by Crippen LogP contribution is 2.33. The van der Waals surface area contributed by atoms with Crippen LogP contribution in [0.4, 0.5) is 5.69 Å². The molecule has 7 nitrogen and oxygen atoms in total. The van der Waals surface area contributed by atoms with Crippen molar-refractivity contribution in [3.05, 3.63) is 57.0 Å². The van der Waals surface area contributed by atoms with Gasteiger partial charge in [-0.05, 0) is 37.3 Å². The Balaban J connectivity index is 1.86. The van der Waals surface area contributed by atoms with Crippen molar-refractivity contribution >= 4 is 58.3 Å². The van der Waals surface area contributed by atoms with E-state index in [1.807, 2.05) is 0 Å². The number of primary amides is 1. The molecule has 2 aromatic carbocycles. The Hall–Kier alpha value is -2.48. The number of hydrogen-bond donors (Lipinski definition) is 2. The summed E-state index contributed by atoms with van der Waals surface area (Å²) in [6.07, 6.45) is -1.09. The van der Waals surface area contributed by atoms with E-state index in [2.05, 4.69) is 5.32 Å². The fourth-order valence-electron chi connectivity index (χ4n) is 2.00. The largest absolute Gasteiger partial charge is 0.480 e. The van der Waals surface area contributed by atoms with Crippen molar-refractivity contribution in [2.75, 3.05) is 11.9 Å². The summed E-state index contributed by atoms with van der Waals surface area (Å²) in [6.45, 7) is 0.916. The van der Waals surface area contributed by atoms with E-state index in [9.17, 15) is 14.4 Å². The lowest BCUT2D eigenvalue weighted by atomic mass is 10.2. The molecule has 0 fully saturated rings. The van der Waals surface area contributed by atoms with Crippen molar-refractivity contribution in [2.24, 2.45) is 5.73 Å². The Labute approximate surface area is 175 Å². The monoisotopic (exact) mass is 444 g/mol. The third-order valence-corrected chi connectivity index (χ3v) is 4.45. The maximum absolute atomic E-state index is 12.1. The van der Waals surface area contributed by atoms with Gasteiger partial charge in [-0.1, -0.05) is 34.8 Å². The normalized spacial score (nSPS) is 11.4. The van der Waals surface area contributed by atoms with Crippen LogP contribution in [0.5, 0.6) is 5.75 Å². The van der Waals surface area contributed by atoms with Gasteiger partial charge in [-0.2, -0.15) is 0 Å². The van der Waals surface area contributed by atoms with Gasteiger partial charge in [0.15, 0.2) is 12.7 Å². The molecule has 0 aliphatic rings. The molecule has 10 heteroatoms. The minimum Gasteiger partial charge on any atom is -0.480 e. The van der Waals surface area contributed by atoms with Gasteiger partial charge in [0.2, 0.25) is 5.91 Å². The van der Waals surface area contributed by atoms with Gasteiger partial charge in [-0.3, -0.25) is 9.59 Å². The van der Waals surface area contributed by atoms with Gasteiger partial charge in [0.25, 0.3) is 5.91 Å². The highest BCUT2D eigenvalue weighted by Gasteiger charge is 2.19. The zero-order valence-electron chi connectivity index (χ0n) is 14.5. The van der Waals surface area contributed by atoms with E-state index < -0.39 is 30.5 Å². The summed E-state index contributed by atoms with van der Waals surface area (Å²) < 4.78 is 10.3. The Morgan fingerprint density at radius 2 is 1.64 bits per heavy atom. The molecule has 0 aromatic heterocycles. The van der Waals surface area contributed by atoms with E-state index in [1.165, 1.54) is 43.3 Å². The molecule has 148 valence electrons. The van der Waals surface area contributed by atoms with Crippen LogP contribution in [0.1, 0.15) is 17.3 Å². The van der Waals surface area contributed by atoms with Crippen LogP contribution >= 0.6 is 34.8 Å². The molecule has 0 saturated heterocycles. The number of nitrogens with one attached hydrogen (secondary N) is 1. The van der Waals surface area contributed by atoms with Crippen molar-refractivity contribution in [1.29, 1.82) is 0 Å². The maximum Gasteiger partial charge on any atom is 0.344 e. The van der Waals surface area contributed by atoms with Crippen LogP contribution in [0.2, 0.25) is 15.1 Å². The molecule has 28 heavy (non-hydrogen) atoms. The van der Waals surface area contributed by atoms with Crippen molar-refractivity contribution in [1.82, 2.24) is 0 Å². The van der Waals surface area contributed by atoms with Crippen LogP contribution in [0.25, 0.3) is 0 Å². The number of amides is 2. The summed E-state index contributed by atoms with van der Waals surface area (Å²) in [7, 11) is 0. The van der Waals surface area contributed by atoms with E-state index in [0.717, 1.165) is 0 Å². The molecule has 0 saturated carbocycles. The molecule has 2 aromatic rings. The van der Waals surface area contributed by atoms with Crippen LogP contribution in [0.15, 0.2) is 36.4 Å². The fourth-order valence-corrected chi connectivity index (χ4v) is 2.59. The quantitative estimate of drug-likeness (QED) is 0.499. The number of halogens is 3. The smallest absolute Gasteiger partial charge is 0.344 e. The Morgan fingerprint density at radius 3 is 2.25 bits per heavy atom. The van der Waals surface area contributed by atoms with E-state index in [1.54, 1.807) is 0 Å². The summed E-state index contributed by atoms with van der Waals surface area (Å²) in [4.78, 5) is 35.0. The van der Waals surface area contributed by atoms with Crippen LogP contribution in [-0.2, 0) is 14.3 Å². The lowest BCUT2D eigenvalue weighted by Crippen LogP contribution is -2.31. The van der Waals surface area contributed by atoms with Crippen LogP contribution in [0, 0.1) is 0 Å². The summed E-state index contributed by atoms with van der Waals surface area (Å²) in [5, 5.41) is 3.18. The first-order valence-electron chi connectivity index (χ1n) is 7.85. The van der Waals surface area contributed by atoms with Crippen LogP contribution < -0.4 is 15.8 Å². The average Bonchev–Trinajstić information content (AvgIpc) is 2.64. The second kappa shape index (κ2) is 9.64. The standard InChI is InChI=1S/C18H15Cl3N2O5/c1-9(18(26)23-11-4-2-10(3-5-11)17(22)25)28-16(24)8-27-15-7-13(20)12(19)6-14(15)21/h2-7,9H,8H2,1H3,(H2,22,25)(H,23,26). The van der Waals surface area contributed by atoms with Gasteiger partial charge >= 0.3 is 5.97 Å². The lowest BCUT2D eigenvalue weighted by molar-refractivity contribution is -0.155. The van der Waals surface area contributed by atoms with E-state index >= 15 is 0 Å². The first-order valence-corrected chi connectivity index (χ1v) is 8.98. The Bertz CT molecular complexity index is 903. The second-order valence-corrected chi connectivity index (χ2v) is 6.77. The van der Waals surface area contributed by atoms with E-state index in [4.69, 9.17) is 50.0 Å². The van der Waals surface area contributed by atoms with Gasteiger partial charge in [0, 0.05) is 17.3 Å². The first-order chi connectivity index (χ1) is 13.2. The Kier molecular flexibility index (Phi) is 7.51. The number of ether oxygens (including phenoxy) is 2. The molecule has 1 atom stereocenters. The zero-order valence-corrected chi connectivity index (χ0v) is 16.8. The number of benzene rings is 2. The topological polar surface area (TPSA) is 108 Å². The first kappa shape index (κ1) is 21.8. The zero-order chi connectivity index (χ0) is 20.8. The summed E-state index contributed by atoms with van der Waals surface area (Å²) >= 11 is 17.6. The minimum atomic E-state index is -1.09. The maximum atomic E-state index is 12.1. The molecule has 2 rings (SSSR count).